The van der Waals surface area contributed by atoms with Crippen molar-refractivity contribution in [1.29, 1.82) is 0 Å². The van der Waals surface area contributed by atoms with E-state index in [4.69, 9.17) is 4.98 Å². The van der Waals surface area contributed by atoms with Gasteiger partial charge < -0.3 is 9.80 Å². The molecule has 6 heteroatoms. The zero-order valence-electron chi connectivity index (χ0n) is 15.9. The first-order valence-corrected chi connectivity index (χ1v) is 10.5. The van der Waals surface area contributed by atoms with Crippen molar-refractivity contribution in [2.45, 2.75) is 39.7 Å². The molecule has 142 valence electrons. The van der Waals surface area contributed by atoms with Crippen LogP contribution in [0.4, 0.5) is 5.82 Å². The molecule has 1 aromatic carbocycles. The summed E-state index contributed by atoms with van der Waals surface area (Å²) in [5.74, 6) is 2.72. The van der Waals surface area contributed by atoms with Crippen LogP contribution in [0.5, 0.6) is 0 Å². The van der Waals surface area contributed by atoms with Gasteiger partial charge in [0, 0.05) is 41.7 Å². The number of piperidine rings is 1. The average molecular weight is 429 g/mol. The molecule has 0 saturated carbocycles. The molecule has 2 aliphatic heterocycles. The number of hydrogen-bond donors (Lipinski definition) is 0. The maximum atomic E-state index is 13.0. The quantitative estimate of drug-likeness (QED) is 0.725. The summed E-state index contributed by atoms with van der Waals surface area (Å²) in [5.41, 5.74) is 2.96. The van der Waals surface area contributed by atoms with Gasteiger partial charge in [0.05, 0.1) is 12.2 Å². The summed E-state index contributed by atoms with van der Waals surface area (Å²) in [6.07, 6.45) is 3.18. The first-order chi connectivity index (χ1) is 13.0. The summed E-state index contributed by atoms with van der Waals surface area (Å²) in [4.78, 5) is 26.8. The van der Waals surface area contributed by atoms with Gasteiger partial charge >= 0.3 is 0 Å². The predicted octanol–water partition coefficient (Wildman–Crippen LogP) is 3.98. The van der Waals surface area contributed by atoms with Gasteiger partial charge in [-0.3, -0.25) is 4.79 Å². The maximum absolute atomic E-state index is 13.0. The fourth-order valence-electron chi connectivity index (χ4n) is 3.95. The monoisotopic (exact) mass is 428 g/mol. The third kappa shape index (κ3) is 3.86. The Morgan fingerprint density at radius 1 is 1.11 bits per heavy atom. The fraction of sp³-hybridized carbons (Fsp3) is 0.476. The van der Waals surface area contributed by atoms with Crippen LogP contribution >= 0.6 is 15.9 Å². The van der Waals surface area contributed by atoms with E-state index in [0.29, 0.717) is 13.1 Å². The van der Waals surface area contributed by atoms with Crippen molar-refractivity contribution in [1.82, 2.24) is 14.9 Å². The summed E-state index contributed by atoms with van der Waals surface area (Å²) in [7, 11) is 0. The highest BCUT2D eigenvalue weighted by Gasteiger charge is 2.28. The standard InChI is InChI=1S/C21H25BrN4O/c1-14-7-10-25(11-8-14)20-18-13-26(12-9-19(18)23-15(2)24-20)21(27)16-3-5-17(22)6-4-16/h3-6,14H,7-13H2,1-2H3. The number of fused-ring (bicyclic) bond motifs is 1. The van der Waals surface area contributed by atoms with Crippen LogP contribution in [-0.4, -0.2) is 40.4 Å². The number of rotatable bonds is 2. The summed E-state index contributed by atoms with van der Waals surface area (Å²) in [6.45, 7) is 7.64. The Bertz CT molecular complexity index is 844. The van der Waals surface area contributed by atoms with Crippen molar-refractivity contribution in [2.75, 3.05) is 24.5 Å². The number of hydrogen-bond acceptors (Lipinski definition) is 4. The minimum atomic E-state index is 0.0759. The first-order valence-electron chi connectivity index (χ1n) is 9.67. The zero-order chi connectivity index (χ0) is 19.0. The highest BCUT2D eigenvalue weighted by molar-refractivity contribution is 9.10. The smallest absolute Gasteiger partial charge is 0.254 e. The molecule has 0 bridgehead atoms. The number of amides is 1. The molecule has 1 amide bonds. The van der Waals surface area contributed by atoms with E-state index in [-0.39, 0.29) is 5.91 Å². The first kappa shape index (κ1) is 18.4. The van der Waals surface area contributed by atoms with Crippen LogP contribution in [0.25, 0.3) is 0 Å². The van der Waals surface area contributed by atoms with Crippen LogP contribution in [-0.2, 0) is 13.0 Å². The van der Waals surface area contributed by atoms with Crippen molar-refractivity contribution < 1.29 is 4.79 Å². The molecular formula is C21H25BrN4O. The van der Waals surface area contributed by atoms with Gasteiger partial charge in [0.25, 0.3) is 5.91 Å². The summed E-state index contributed by atoms with van der Waals surface area (Å²) in [6, 6.07) is 7.58. The molecule has 0 spiro atoms. The van der Waals surface area contributed by atoms with Gasteiger partial charge in [0.1, 0.15) is 11.6 Å². The van der Waals surface area contributed by atoms with Crippen molar-refractivity contribution in [2.24, 2.45) is 5.92 Å². The second-order valence-corrected chi connectivity index (χ2v) is 8.59. The van der Waals surface area contributed by atoms with Gasteiger partial charge in [-0.1, -0.05) is 22.9 Å². The maximum Gasteiger partial charge on any atom is 0.254 e. The molecule has 3 heterocycles. The van der Waals surface area contributed by atoms with Crippen LogP contribution in [0, 0.1) is 12.8 Å². The molecule has 0 N–H and O–H groups in total. The number of nitrogens with zero attached hydrogens (tertiary/aromatic N) is 4. The number of carbonyl (C=O) groups excluding carboxylic acids is 1. The lowest BCUT2D eigenvalue weighted by atomic mass is 9.98. The molecule has 2 aliphatic rings. The number of aromatic nitrogens is 2. The van der Waals surface area contributed by atoms with Crippen molar-refractivity contribution in [3.63, 3.8) is 0 Å². The van der Waals surface area contributed by atoms with Gasteiger partial charge in [-0.25, -0.2) is 9.97 Å². The average Bonchev–Trinajstić information content (AvgIpc) is 2.68. The van der Waals surface area contributed by atoms with Crippen LogP contribution in [0.2, 0.25) is 0 Å². The van der Waals surface area contributed by atoms with Crippen LogP contribution in [0.15, 0.2) is 28.7 Å². The van der Waals surface area contributed by atoms with Gasteiger partial charge in [0.2, 0.25) is 0 Å². The number of carbonyl (C=O) groups is 1. The second kappa shape index (κ2) is 7.58. The SMILES string of the molecule is Cc1nc2c(c(N3CCC(C)CC3)n1)CN(C(=O)c1ccc(Br)cc1)CC2. The van der Waals surface area contributed by atoms with Crippen molar-refractivity contribution in [3.8, 4) is 0 Å². The van der Waals surface area contributed by atoms with Gasteiger partial charge in [-0.2, -0.15) is 0 Å². The predicted molar refractivity (Wildman–Crippen MR) is 110 cm³/mol. The molecule has 2 aromatic rings. The van der Waals surface area contributed by atoms with E-state index in [2.05, 4.69) is 32.7 Å². The molecule has 1 aromatic heterocycles. The molecular weight excluding hydrogens is 404 g/mol. The Kier molecular flexibility index (Phi) is 5.17. The highest BCUT2D eigenvalue weighted by atomic mass is 79.9. The lowest BCUT2D eigenvalue weighted by Gasteiger charge is -2.36. The Morgan fingerprint density at radius 2 is 1.81 bits per heavy atom. The van der Waals surface area contributed by atoms with E-state index in [9.17, 15) is 4.79 Å². The number of halogens is 1. The van der Waals surface area contributed by atoms with E-state index in [1.165, 1.54) is 12.8 Å². The van der Waals surface area contributed by atoms with E-state index in [1.807, 2.05) is 36.1 Å². The summed E-state index contributed by atoms with van der Waals surface area (Å²) >= 11 is 3.43. The molecule has 0 atom stereocenters. The largest absolute Gasteiger partial charge is 0.356 e. The van der Waals surface area contributed by atoms with Crippen molar-refractivity contribution >= 4 is 27.7 Å². The Hall–Kier alpha value is -1.95. The van der Waals surface area contributed by atoms with E-state index in [1.54, 1.807) is 0 Å². The molecule has 0 unspecified atom stereocenters. The topological polar surface area (TPSA) is 49.3 Å². The molecule has 5 nitrogen and oxygen atoms in total. The van der Waals surface area contributed by atoms with E-state index in [0.717, 1.165) is 58.4 Å². The minimum Gasteiger partial charge on any atom is -0.356 e. The molecule has 1 saturated heterocycles. The minimum absolute atomic E-state index is 0.0759. The number of anilines is 1. The van der Waals surface area contributed by atoms with E-state index < -0.39 is 0 Å². The third-order valence-electron chi connectivity index (χ3n) is 5.61. The van der Waals surface area contributed by atoms with E-state index >= 15 is 0 Å². The summed E-state index contributed by atoms with van der Waals surface area (Å²) < 4.78 is 0.980. The van der Waals surface area contributed by atoms with Gasteiger partial charge in [-0.15, -0.1) is 0 Å². The highest BCUT2D eigenvalue weighted by Crippen LogP contribution is 2.30. The van der Waals surface area contributed by atoms with Gasteiger partial charge in [-0.05, 0) is 49.9 Å². The Balaban J connectivity index is 1.61. The molecule has 1 fully saturated rings. The zero-order valence-corrected chi connectivity index (χ0v) is 17.5. The molecule has 0 aliphatic carbocycles. The number of benzene rings is 1. The van der Waals surface area contributed by atoms with Gasteiger partial charge in [0.15, 0.2) is 0 Å². The van der Waals surface area contributed by atoms with Crippen LogP contribution < -0.4 is 4.90 Å². The number of aryl methyl sites for hydroxylation is 1. The van der Waals surface area contributed by atoms with Crippen molar-refractivity contribution in [3.05, 3.63) is 51.4 Å². The second-order valence-electron chi connectivity index (χ2n) is 7.67. The Morgan fingerprint density at radius 3 is 2.52 bits per heavy atom. The fourth-order valence-corrected chi connectivity index (χ4v) is 4.21. The Labute approximate surface area is 168 Å². The lowest BCUT2D eigenvalue weighted by Crippen LogP contribution is -2.40. The lowest BCUT2D eigenvalue weighted by molar-refractivity contribution is 0.0733. The normalized spacial score (nSPS) is 17.7. The molecule has 4 rings (SSSR count). The molecule has 27 heavy (non-hydrogen) atoms. The van der Waals surface area contributed by atoms with Crippen LogP contribution in [0.3, 0.4) is 0 Å². The van der Waals surface area contributed by atoms with Crippen LogP contribution in [0.1, 0.15) is 47.2 Å². The summed E-state index contributed by atoms with van der Waals surface area (Å²) in [5, 5.41) is 0. The third-order valence-corrected chi connectivity index (χ3v) is 6.14. The molecule has 0 radical (unpaired) electrons.